The summed E-state index contributed by atoms with van der Waals surface area (Å²) in [6, 6.07) is 13.8. The molecule has 24 heavy (non-hydrogen) atoms. The van der Waals surface area contributed by atoms with E-state index in [9.17, 15) is 9.59 Å². The molecule has 2 aromatic carbocycles. The van der Waals surface area contributed by atoms with Gasteiger partial charge in [-0.15, -0.1) is 0 Å². The third-order valence-corrected chi connectivity index (χ3v) is 4.42. The van der Waals surface area contributed by atoms with Crippen LogP contribution in [0.2, 0.25) is 0 Å². The zero-order valence-corrected chi connectivity index (χ0v) is 13.3. The van der Waals surface area contributed by atoms with Crippen LogP contribution in [0.15, 0.2) is 54.1 Å². The van der Waals surface area contributed by atoms with Gasteiger partial charge in [0.25, 0.3) is 11.8 Å². The Bertz CT molecular complexity index is 788. The maximum absolute atomic E-state index is 12.4. The first-order chi connectivity index (χ1) is 11.7. The van der Waals surface area contributed by atoms with Crippen molar-refractivity contribution in [3.05, 3.63) is 59.7 Å². The molecule has 5 nitrogen and oxygen atoms in total. The van der Waals surface area contributed by atoms with E-state index < -0.39 is 5.91 Å². The molecule has 0 unspecified atom stereocenters. The van der Waals surface area contributed by atoms with E-state index in [2.05, 4.69) is 5.32 Å². The number of hydrogen-bond acceptors (Lipinski definition) is 3. The van der Waals surface area contributed by atoms with Crippen LogP contribution in [0.5, 0.6) is 0 Å². The topological polar surface area (TPSA) is 78.4 Å². The number of rotatable bonds is 3. The zero-order chi connectivity index (χ0) is 16.9. The maximum Gasteiger partial charge on any atom is 0.267 e. The molecule has 3 N–H and O–H groups in total. The molecule has 3 rings (SSSR count). The number of hydrogen-bond donors (Lipinski definition) is 3. The molecule has 0 saturated heterocycles. The van der Waals surface area contributed by atoms with Gasteiger partial charge in [0.1, 0.15) is 0 Å². The minimum Gasteiger partial charge on any atom is -0.349 e. The third-order valence-electron chi connectivity index (χ3n) is 4.42. The summed E-state index contributed by atoms with van der Waals surface area (Å²) >= 11 is 0. The second-order valence-corrected chi connectivity index (χ2v) is 6.09. The summed E-state index contributed by atoms with van der Waals surface area (Å²) in [6.45, 7) is 0. The molecule has 0 radical (unpaired) electrons. The normalized spacial score (nSPS) is 17.4. The SMILES string of the molecule is O=C(C=C1CCC(NC(=O)c2ccc3ccccc3c2)CC1)NO. The molecule has 2 amide bonds. The third kappa shape index (κ3) is 3.81. The molecule has 1 saturated carbocycles. The highest BCUT2D eigenvalue weighted by molar-refractivity contribution is 5.98. The Balaban J connectivity index is 1.61. The highest BCUT2D eigenvalue weighted by Crippen LogP contribution is 2.24. The molecule has 124 valence electrons. The van der Waals surface area contributed by atoms with Gasteiger partial charge in [0.2, 0.25) is 0 Å². The fourth-order valence-electron chi connectivity index (χ4n) is 3.09. The fraction of sp³-hybridized carbons (Fsp3) is 0.263. The maximum atomic E-state index is 12.4. The molecule has 5 heteroatoms. The van der Waals surface area contributed by atoms with Crippen LogP contribution >= 0.6 is 0 Å². The molecule has 1 aliphatic carbocycles. The lowest BCUT2D eigenvalue weighted by Gasteiger charge is -2.25. The molecular formula is C19H20N2O3. The summed E-state index contributed by atoms with van der Waals surface area (Å²) < 4.78 is 0. The minimum atomic E-state index is -0.497. The van der Waals surface area contributed by atoms with Gasteiger partial charge in [0, 0.05) is 17.7 Å². The van der Waals surface area contributed by atoms with Gasteiger partial charge >= 0.3 is 0 Å². The molecule has 0 atom stereocenters. The van der Waals surface area contributed by atoms with E-state index in [1.807, 2.05) is 42.5 Å². The van der Waals surface area contributed by atoms with Crippen molar-refractivity contribution in [2.24, 2.45) is 0 Å². The van der Waals surface area contributed by atoms with Gasteiger partial charge in [-0.05, 0) is 48.6 Å². The molecule has 0 bridgehead atoms. The number of carbonyl (C=O) groups excluding carboxylic acids is 2. The average Bonchev–Trinajstić information content (AvgIpc) is 2.62. The van der Waals surface area contributed by atoms with E-state index in [-0.39, 0.29) is 11.9 Å². The summed E-state index contributed by atoms with van der Waals surface area (Å²) in [5, 5.41) is 13.8. The van der Waals surface area contributed by atoms with Gasteiger partial charge in [-0.2, -0.15) is 0 Å². The quantitative estimate of drug-likeness (QED) is 0.461. The minimum absolute atomic E-state index is 0.0636. The predicted octanol–water partition coefficient (Wildman–Crippen LogP) is 2.94. The van der Waals surface area contributed by atoms with Crippen LogP contribution in [-0.2, 0) is 4.79 Å². The van der Waals surface area contributed by atoms with Crippen LogP contribution in [0.25, 0.3) is 10.8 Å². The first-order valence-electron chi connectivity index (χ1n) is 8.09. The highest BCUT2D eigenvalue weighted by atomic mass is 16.5. The molecule has 0 spiro atoms. The Morgan fingerprint density at radius 3 is 2.46 bits per heavy atom. The molecule has 1 fully saturated rings. The first-order valence-corrected chi connectivity index (χ1v) is 8.09. The van der Waals surface area contributed by atoms with Crippen molar-refractivity contribution >= 4 is 22.6 Å². The largest absolute Gasteiger partial charge is 0.349 e. The Morgan fingerprint density at radius 2 is 1.75 bits per heavy atom. The Morgan fingerprint density at radius 1 is 1.04 bits per heavy atom. The summed E-state index contributed by atoms with van der Waals surface area (Å²) in [4.78, 5) is 23.6. The van der Waals surface area contributed by atoms with Gasteiger partial charge in [0.05, 0.1) is 0 Å². The number of fused-ring (bicyclic) bond motifs is 1. The van der Waals surface area contributed by atoms with Crippen LogP contribution in [0.4, 0.5) is 0 Å². The lowest BCUT2D eigenvalue weighted by molar-refractivity contribution is -0.124. The highest BCUT2D eigenvalue weighted by Gasteiger charge is 2.19. The Labute approximate surface area is 140 Å². The van der Waals surface area contributed by atoms with Gasteiger partial charge in [-0.3, -0.25) is 14.8 Å². The lowest BCUT2D eigenvalue weighted by Crippen LogP contribution is -2.36. The van der Waals surface area contributed by atoms with Crippen LogP contribution in [0.3, 0.4) is 0 Å². The second-order valence-electron chi connectivity index (χ2n) is 6.09. The van der Waals surface area contributed by atoms with Crippen LogP contribution in [0.1, 0.15) is 36.0 Å². The van der Waals surface area contributed by atoms with Gasteiger partial charge in [-0.1, -0.05) is 35.9 Å². The average molecular weight is 324 g/mol. The van der Waals surface area contributed by atoms with E-state index in [4.69, 9.17) is 5.21 Å². The number of nitrogens with one attached hydrogen (secondary N) is 2. The van der Waals surface area contributed by atoms with Crippen molar-refractivity contribution in [1.82, 2.24) is 10.8 Å². The van der Waals surface area contributed by atoms with Crippen molar-refractivity contribution in [2.75, 3.05) is 0 Å². The standard InChI is InChI=1S/C19H20N2O3/c22-18(21-24)11-13-5-9-17(10-6-13)20-19(23)16-8-7-14-3-1-2-4-15(14)12-16/h1-4,7-8,11-12,17,24H,5-6,9-10H2,(H,20,23)(H,21,22). The Hall–Kier alpha value is -2.66. The monoisotopic (exact) mass is 324 g/mol. The molecule has 2 aromatic rings. The Kier molecular flexibility index (Phi) is 4.91. The van der Waals surface area contributed by atoms with Crippen LogP contribution < -0.4 is 10.8 Å². The molecular weight excluding hydrogens is 304 g/mol. The lowest BCUT2D eigenvalue weighted by atomic mass is 9.90. The number of benzene rings is 2. The number of carbonyl (C=O) groups is 2. The van der Waals surface area contributed by atoms with Crippen molar-refractivity contribution in [1.29, 1.82) is 0 Å². The van der Waals surface area contributed by atoms with E-state index in [0.717, 1.165) is 42.0 Å². The fourth-order valence-corrected chi connectivity index (χ4v) is 3.09. The van der Waals surface area contributed by atoms with Crippen molar-refractivity contribution in [3.8, 4) is 0 Å². The number of hydroxylamine groups is 1. The number of allylic oxidation sites excluding steroid dienone is 1. The van der Waals surface area contributed by atoms with Crippen LogP contribution in [0, 0.1) is 0 Å². The summed E-state index contributed by atoms with van der Waals surface area (Å²) in [5.41, 5.74) is 3.27. The van der Waals surface area contributed by atoms with Crippen molar-refractivity contribution in [3.63, 3.8) is 0 Å². The van der Waals surface area contributed by atoms with Crippen LogP contribution in [-0.4, -0.2) is 23.1 Å². The van der Waals surface area contributed by atoms with E-state index in [1.165, 1.54) is 6.08 Å². The summed E-state index contributed by atoms with van der Waals surface area (Å²) in [7, 11) is 0. The zero-order valence-electron chi connectivity index (χ0n) is 13.3. The van der Waals surface area contributed by atoms with Gasteiger partial charge in [-0.25, -0.2) is 5.48 Å². The van der Waals surface area contributed by atoms with Crippen molar-refractivity contribution < 1.29 is 14.8 Å². The summed E-state index contributed by atoms with van der Waals surface area (Å²) in [5.74, 6) is -0.560. The predicted molar refractivity (Wildman–Crippen MR) is 91.7 cm³/mol. The van der Waals surface area contributed by atoms with Gasteiger partial charge < -0.3 is 5.32 Å². The van der Waals surface area contributed by atoms with Gasteiger partial charge in [0.15, 0.2) is 0 Å². The molecule has 0 aliphatic heterocycles. The van der Waals surface area contributed by atoms with E-state index in [1.54, 1.807) is 5.48 Å². The summed E-state index contributed by atoms with van der Waals surface area (Å²) in [6.07, 6.45) is 4.52. The second kappa shape index (κ2) is 7.27. The van der Waals surface area contributed by atoms with E-state index >= 15 is 0 Å². The number of amides is 2. The molecule has 0 aromatic heterocycles. The smallest absolute Gasteiger partial charge is 0.267 e. The van der Waals surface area contributed by atoms with Crippen molar-refractivity contribution in [2.45, 2.75) is 31.7 Å². The molecule has 1 aliphatic rings. The van der Waals surface area contributed by atoms with E-state index in [0.29, 0.717) is 5.56 Å². The first kappa shape index (κ1) is 16.2. The molecule has 0 heterocycles.